The number of aliphatic carboxylic acids is 1. The third-order valence-corrected chi connectivity index (χ3v) is 3.96. The lowest BCUT2D eigenvalue weighted by Gasteiger charge is -2.19. The highest BCUT2D eigenvalue weighted by Gasteiger charge is 2.31. The van der Waals surface area contributed by atoms with Crippen molar-refractivity contribution < 1.29 is 34.1 Å². The zero-order valence-electron chi connectivity index (χ0n) is 17.4. The first-order chi connectivity index (χ1) is 14.0. The molecule has 1 aromatic heterocycles. The van der Waals surface area contributed by atoms with Crippen molar-refractivity contribution in [2.75, 3.05) is 6.54 Å². The Bertz CT molecular complexity index is 917. The topological polar surface area (TPSA) is 140 Å². The van der Waals surface area contributed by atoms with Crippen molar-refractivity contribution in [3.05, 3.63) is 24.4 Å². The van der Waals surface area contributed by atoms with E-state index in [1.807, 2.05) is 0 Å². The number of ketones is 1. The lowest BCUT2D eigenvalue weighted by Crippen LogP contribution is -2.42. The van der Waals surface area contributed by atoms with Gasteiger partial charge in [0.15, 0.2) is 18.0 Å². The second-order valence-electron chi connectivity index (χ2n) is 7.83. The summed E-state index contributed by atoms with van der Waals surface area (Å²) in [5.74, 6) is -1.89. The van der Waals surface area contributed by atoms with Gasteiger partial charge in [-0.15, -0.1) is 0 Å². The number of alkyl carbamates (subject to hydrolysis) is 1. The summed E-state index contributed by atoms with van der Waals surface area (Å²) in [4.78, 5) is 34.2. The van der Waals surface area contributed by atoms with Gasteiger partial charge in [-0.1, -0.05) is 0 Å². The van der Waals surface area contributed by atoms with Crippen LogP contribution in [0.2, 0.25) is 0 Å². The summed E-state index contributed by atoms with van der Waals surface area (Å²) in [5.41, 5.74) is 0.131. The van der Waals surface area contributed by atoms with Crippen LogP contribution in [0.25, 0.3) is 10.9 Å². The molecule has 2 atom stereocenters. The first kappa shape index (κ1) is 23.1. The highest BCUT2D eigenvalue weighted by molar-refractivity contribution is 5.88. The fraction of sp³-hybridized carbons (Fsp3) is 0.500. The standard InChI is InChI=1S/C20H27N3O7/c1-12(24)17(16(25)18(26)27)29-14-6-7-15-13(10-14)11-23(22-15)9-5-8-21-19(28)30-20(2,3)4/h6-7,10-11,16-17,25H,5,8-9H2,1-4H3,(H,21,28)(H,26,27)/t16-,17?/m1/s1. The molecule has 1 amide bonds. The highest BCUT2D eigenvalue weighted by atomic mass is 16.6. The number of nitrogens with one attached hydrogen (secondary N) is 1. The number of ether oxygens (including phenoxy) is 2. The van der Waals surface area contributed by atoms with Crippen LogP contribution in [0.1, 0.15) is 34.1 Å². The van der Waals surface area contributed by atoms with Gasteiger partial charge in [0.2, 0.25) is 0 Å². The number of rotatable bonds is 9. The number of amides is 1. The van der Waals surface area contributed by atoms with Crippen LogP contribution in [0.3, 0.4) is 0 Å². The molecule has 1 heterocycles. The maximum Gasteiger partial charge on any atom is 0.407 e. The summed E-state index contributed by atoms with van der Waals surface area (Å²) in [6.07, 6.45) is -1.54. The number of hydrogen-bond donors (Lipinski definition) is 3. The van der Waals surface area contributed by atoms with Crippen molar-refractivity contribution in [3.8, 4) is 5.75 Å². The van der Waals surface area contributed by atoms with E-state index >= 15 is 0 Å². The number of carbonyl (C=O) groups excluding carboxylic acids is 2. The van der Waals surface area contributed by atoms with E-state index in [1.54, 1.807) is 49.8 Å². The average molecular weight is 421 g/mol. The number of Topliss-reactive ketones (excluding diaryl/α,β-unsaturated/α-hetero) is 1. The molecule has 0 spiro atoms. The number of aromatic nitrogens is 2. The molecule has 0 aliphatic rings. The number of carbonyl (C=O) groups is 3. The SMILES string of the molecule is CC(=O)C(Oc1ccc2nn(CCCNC(=O)OC(C)(C)C)cc2c1)[C@@H](O)C(=O)O. The summed E-state index contributed by atoms with van der Waals surface area (Å²) >= 11 is 0. The minimum absolute atomic E-state index is 0.245. The lowest BCUT2D eigenvalue weighted by molar-refractivity contribution is -0.155. The number of carboxylic acids is 1. The minimum Gasteiger partial charge on any atom is -0.479 e. The normalized spacial score (nSPS) is 13.5. The molecule has 1 aromatic carbocycles. The van der Waals surface area contributed by atoms with E-state index in [0.29, 0.717) is 25.0 Å². The molecule has 30 heavy (non-hydrogen) atoms. The highest BCUT2D eigenvalue weighted by Crippen LogP contribution is 2.22. The average Bonchev–Trinajstić information content (AvgIpc) is 3.03. The Hall–Kier alpha value is -3.14. The molecule has 3 N–H and O–H groups in total. The molecule has 164 valence electrons. The van der Waals surface area contributed by atoms with Gasteiger partial charge in [0.05, 0.1) is 5.52 Å². The largest absolute Gasteiger partial charge is 0.479 e. The van der Waals surface area contributed by atoms with Gasteiger partial charge in [0, 0.05) is 24.7 Å². The predicted octanol–water partition coefficient (Wildman–Crippen LogP) is 1.73. The van der Waals surface area contributed by atoms with Crippen molar-refractivity contribution in [3.63, 3.8) is 0 Å². The molecule has 2 rings (SSSR count). The lowest BCUT2D eigenvalue weighted by atomic mass is 10.1. The van der Waals surface area contributed by atoms with E-state index in [4.69, 9.17) is 14.6 Å². The van der Waals surface area contributed by atoms with Gasteiger partial charge in [0.25, 0.3) is 0 Å². The fourth-order valence-electron chi connectivity index (χ4n) is 2.63. The van der Waals surface area contributed by atoms with Gasteiger partial charge in [-0.25, -0.2) is 9.59 Å². The van der Waals surface area contributed by atoms with E-state index in [2.05, 4.69) is 10.4 Å². The van der Waals surface area contributed by atoms with Crippen LogP contribution < -0.4 is 10.1 Å². The maximum absolute atomic E-state index is 11.6. The molecule has 0 saturated carbocycles. The Balaban J connectivity index is 1.96. The molecule has 0 radical (unpaired) electrons. The Morgan fingerprint density at radius 1 is 1.27 bits per heavy atom. The zero-order valence-corrected chi connectivity index (χ0v) is 17.4. The monoisotopic (exact) mass is 421 g/mol. The van der Waals surface area contributed by atoms with E-state index in [0.717, 1.165) is 12.3 Å². The molecular weight excluding hydrogens is 394 g/mol. The van der Waals surface area contributed by atoms with Crippen LogP contribution in [-0.4, -0.2) is 62.2 Å². The number of aliphatic hydroxyl groups is 1. The van der Waals surface area contributed by atoms with Crippen LogP contribution in [-0.2, 0) is 20.9 Å². The molecule has 0 bridgehead atoms. The van der Waals surface area contributed by atoms with Crippen LogP contribution in [0.4, 0.5) is 4.79 Å². The smallest absolute Gasteiger partial charge is 0.407 e. The van der Waals surface area contributed by atoms with Crippen molar-refractivity contribution in [1.82, 2.24) is 15.1 Å². The first-order valence-corrected chi connectivity index (χ1v) is 9.48. The van der Waals surface area contributed by atoms with Crippen molar-refractivity contribution in [2.45, 2.75) is 58.5 Å². The van der Waals surface area contributed by atoms with E-state index < -0.39 is 35.7 Å². The van der Waals surface area contributed by atoms with Gasteiger partial charge in [0.1, 0.15) is 11.4 Å². The summed E-state index contributed by atoms with van der Waals surface area (Å²) in [6.45, 7) is 7.50. The molecule has 10 heteroatoms. The number of fused-ring (bicyclic) bond motifs is 1. The van der Waals surface area contributed by atoms with Crippen LogP contribution >= 0.6 is 0 Å². The molecule has 0 aliphatic carbocycles. The summed E-state index contributed by atoms with van der Waals surface area (Å²) in [5, 5.41) is 26.4. The molecule has 1 unspecified atom stereocenters. The van der Waals surface area contributed by atoms with Crippen molar-refractivity contribution >= 4 is 28.7 Å². The predicted molar refractivity (Wildman–Crippen MR) is 107 cm³/mol. The zero-order chi connectivity index (χ0) is 22.5. The van der Waals surface area contributed by atoms with Crippen molar-refractivity contribution in [1.29, 1.82) is 0 Å². The molecule has 10 nitrogen and oxygen atoms in total. The number of aryl methyl sites for hydroxylation is 1. The Kier molecular flexibility index (Phi) is 7.38. The number of benzene rings is 1. The van der Waals surface area contributed by atoms with Gasteiger partial charge in [-0.2, -0.15) is 5.10 Å². The molecule has 0 aliphatic heterocycles. The molecular formula is C20H27N3O7. The Labute approximate surface area is 173 Å². The van der Waals surface area contributed by atoms with Crippen LogP contribution in [0, 0.1) is 0 Å². The van der Waals surface area contributed by atoms with Crippen molar-refractivity contribution in [2.24, 2.45) is 0 Å². The number of hydrogen-bond acceptors (Lipinski definition) is 7. The first-order valence-electron chi connectivity index (χ1n) is 9.48. The minimum atomic E-state index is -1.96. The van der Waals surface area contributed by atoms with E-state index in [9.17, 15) is 19.5 Å². The molecule has 0 saturated heterocycles. The molecule has 2 aromatic rings. The van der Waals surface area contributed by atoms with Gasteiger partial charge < -0.3 is 25.0 Å². The summed E-state index contributed by atoms with van der Waals surface area (Å²) in [7, 11) is 0. The number of aliphatic hydroxyl groups excluding tert-OH is 1. The van der Waals surface area contributed by atoms with Crippen LogP contribution in [0.5, 0.6) is 5.75 Å². The Morgan fingerprint density at radius 2 is 1.97 bits per heavy atom. The number of nitrogens with zero attached hydrogens (tertiary/aromatic N) is 2. The third kappa shape index (κ3) is 6.73. The second-order valence-corrected chi connectivity index (χ2v) is 7.83. The van der Waals surface area contributed by atoms with E-state index in [1.165, 1.54) is 0 Å². The quantitative estimate of drug-likeness (QED) is 0.520. The summed E-state index contributed by atoms with van der Waals surface area (Å²) < 4.78 is 12.3. The third-order valence-electron chi connectivity index (χ3n) is 3.96. The Morgan fingerprint density at radius 3 is 2.57 bits per heavy atom. The van der Waals surface area contributed by atoms with Gasteiger partial charge in [-0.3, -0.25) is 9.48 Å². The van der Waals surface area contributed by atoms with Gasteiger partial charge >= 0.3 is 12.1 Å². The van der Waals surface area contributed by atoms with E-state index in [-0.39, 0.29) is 5.75 Å². The fourth-order valence-corrected chi connectivity index (χ4v) is 2.63. The molecule has 0 fully saturated rings. The second kappa shape index (κ2) is 9.57. The van der Waals surface area contributed by atoms with Crippen LogP contribution in [0.15, 0.2) is 24.4 Å². The maximum atomic E-state index is 11.6. The number of carboxylic acid groups (broad SMARTS) is 1. The summed E-state index contributed by atoms with van der Waals surface area (Å²) in [6, 6.07) is 4.83. The van der Waals surface area contributed by atoms with Gasteiger partial charge in [-0.05, 0) is 52.3 Å².